The summed E-state index contributed by atoms with van der Waals surface area (Å²) in [5, 5.41) is 13.7. The molecule has 3 aromatic rings. The van der Waals surface area contributed by atoms with E-state index in [-0.39, 0.29) is 11.7 Å². The first-order valence-corrected chi connectivity index (χ1v) is 6.72. The minimum atomic E-state index is -0.335. The van der Waals surface area contributed by atoms with Crippen LogP contribution in [0.4, 0.5) is 5.82 Å². The number of aryl methyl sites for hydroxylation is 1. The molecule has 0 amide bonds. The van der Waals surface area contributed by atoms with Gasteiger partial charge in [0.1, 0.15) is 5.82 Å². The molecular weight excluding hydrogens is 262 g/mol. The van der Waals surface area contributed by atoms with Crippen molar-refractivity contribution in [3.05, 3.63) is 44.5 Å². The van der Waals surface area contributed by atoms with Crippen LogP contribution >= 0.6 is 11.3 Å². The summed E-state index contributed by atoms with van der Waals surface area (Å²) >= 11 is 1.75. The van der Waals surface area contributed by atoms with Crippen molar-refractivity contribution >= 4 is 22.8 Å². The number of hydrogen-bond acceptors (Lipinski definition) is 5. The van der Waals surface area contributed by atoms with Gasteiger partial charge < -0.3 is 5.32 Å². The zero-order valence-electron chi connectivity index (χ0n) is 10.5. The van der Waals surface area contributed by atoms with Crippen LogP contribution in [0.2, 0.25) is 0 Å². The zero-order valence-corrected chi connectivity index (χ0v) is 11.4. The van der Waals surface area contributed by atoms with Crippen LogP contribution in [0.1, 0.15) is 22.7 Å². The number of hydrogen-bond donors (Lipinski definition) is 2. The quantitative estimate of drug-likeness (QED) is 0.766. The lowest BCUT2D eigenvalue weighted by Crippen LogP contribution is -2.15. The van der Waals surface area contributed by atoms with Gasteiger partial charge in [-0.15, -0.1) is 16.4 Å². The lowest BCUT2D eigenvalue weighted by atomic mass is 10.2. The number of H-pyrrole nitrogens is 1. The van der Waals surface area contributed by atoms with Gasteiger partial charge in [0.25, 0.3) is 0 Å². The van der Waals surface area contributed by atoms with E-state index in [1.165, 1.54) is 14.3 Å². The largest absolute Gasteiger partial charge is 0.364 e. The van der Waals surface area contributed by atoms with E-state index in [1.807, 2.05) is 6.07 Å². The molecule has 0 aromatic carbocycles. The summed E-state index contributed by atoms with van der Waals surface area (Å²) < 4.78 is 1.24. The Bertz CT molecular complexity index is 772. The molecule has 6 nitrogen and oxygen atoms in total. The molecule has 0 aliphatic carbocycles. The molecule has 0 saturated heterocycles. The van der Waals surface area contributed by atoms with E-state index in [1.54, 1.807) is 17.4 Å². The van der Waals surface area contributed by atoms with Gasteiger partial charge >= 0.3 is 5.69 Å². The smallest absolute Gasteiger partial charge is 0.361 e. The second-order valence-electron chi connectivity index (χ2n) is 4.33. The zero-order chi connectivity index (χ0) is 13.4. The van der Waals surface area contributed by atoms with Crippen molar-refractivity contribution in [2.75, 3.05) is 5.32 Å². The van der Waals surface area contributed by atoms with Crippen molar-refractivity contribution in [1.82, 2.24) is 19.8 Å². The number of aromatic amines is 1. The number of nitrogens with zero attached hydrogens (tertiary/aromatic N) is 3. The van der Waals surface area contributed by atoms with Crippen molar-refractivity contribution in [3.63, 3.8) is 0 Å². The second kappa shape index (κ2) is 4.51. The van der Waals surface area contributed by atoms with Crippen molar-refractivity contribution in [2.24, 2.45) is 0 Å². The van der Waals surface area contributed by atoms with Crippen molar-refractivity contribution in [3.8, 4) is 0 Å². The maximum atomic E-state index is 11.4. The Morgan fingerprint density at radius 1 is 1.37 bits per heavy atom. The molecule has 0 radical (unpaired) electrons. The fraction of sp³-hybridized carbons (Fsp3) is 0.250. The van der Waals surface area contributed by atoms with Gasteiger partial charge in [0.05, 0.1) is 6.04 Å². The normalized spacial score (nSPS) is 12.7. The number of nitrogens with one attached hydrogen (secondary N) is 2. The highest BCUT2D eigenvalue weighted by Gasteiger charge is 2.09. The summed E-state index contributed by atoms with van der Waals surface area (Å²) in [5.41, 5.74) is 0.174. The summed E-state index contributed by atoms with van der Waals surface area (Å²) in [6.45, 7) is 4.14. The number of aromatic nitrogens is 4. The van der Waals surface area contributed by atoms with Crippen LogP contribution in [-0.4, -0.2) is 19.8 Å². The van der Waals surface area contributed by atoms with Gasteiger partial charge in [-0.05, 0) is 38.1 Å². The number of anilines is 1. The molecule has 3 aromatic heterocycles. The van der Waals surface area contributed by atoms with E-state index in [2.05, 4.69) is 46.6 Å². The van der Waals surface area contributed by atoms with Gasteiger partial charge in [-0.25, -0.2) is 9.89 Å². The summed E-state index contributed by atoms with van der Waals surface area (Å²) in [7, 11) is 0. The molecular formula is C12H13N5OS. The molecule has 1 unspecified atom stereocenters. The van der Waals surface area contributed by atoms with Crippen LogP contribution in [0.5, 0.6) is 0 Å². The minimum absolute atomic E-state index is 0.145. The molecule has 7 heteroatoms. The van der Waals surface area contributed by atoms with Crippen LogP contribution in [0.25, 0.3) is 5.65 Å². The standard InChI is InChI=1S/C12H13N5OS/c1-7-3-4-9(19-7)8(2)13-10-5-6-11-14-15-12(18)17(11)16-10/h3-6,8H,1-2H3,(H,13,16)(H,15,18). The Kier molecular flexibility index (Phi) is 2.83. The third kappa shape index (κ3) is 2.24. The molecule has 0 fully saturated rings. The summed E-state index contributed by atoms with van der Waals surface area (Å²) in [6.07, 6.45) is 0. The van der Waals surface area contributed by atoms with Gasteiger partial charge in [0.15, 0.2) is 5.65 Å². The second-order valence-corrected chi connectivity index (χ2v) is 5.65. The Hall–Kier alpha value is -2.15. The predicted molar refractivity (Wildman–Crippen MR) is 74.7 cm³/mol. The number of thiophene rings is 1. The maximum Gasteiger partial charge on any atom is 0.364 e. The molecule has 0 saturated carbocycles. The van der Waals surface area contributed by atoms with E-state index < -0.39 is 0 Å². The Morgan fingerprint density at radius 3 is 2.95 bits per heavy atom. The van der Waals surface area contributed by atoms with E-state index in [9.17, 15) is 4.79 Å². The molecule has 3 rings (SSSR count). The topological polar surface area (TPSA) is 75.1 Å². The van der Waals surface area contributed by atoms with Gasteiger partial charge in [0.2, 0.25) is 0 Å². The first-order valence-electron chi connectivity index (χ1n) is 5.91. The molecule has 98 valence electrons. The fourth-order valence-electron chi connectivity index (χ4n) is 1.86. The molecule has 0 bridgehead atoms. The highest BCUT2D eigenvalue weighted by atomic mass is 32.1. The summed E-state index contributed by atoms with van der Waals surface area (Å²) in [4.78, 5) is 14.0. The van der Waals surface area contributed by atoms with Crippen molar-refractivity contribution < 1.29 is 0 Å². The third-order valence-electron chi connectivity index (χ3n) is 2.83. The molecule has 3 heterocycles. The SMILES string of the molecule is Cc1ccc(C(C)Nc2ccc3n[nH]c(=O)n3n2)s1. The predicted octanol–water partition coefficient (Wildman–Crippen LogP) is 1.96. The van der Waals surface area contributed by atoms with E-state index >= 15 is 0 Å². The molecule has 0 spiro atoms. The highest BCUT2D eigenvalue weighted by molar-refractivity contribution is 7.12. The Morgan fingerprint density at radius 2 is 2.21 bits per heavy atom. The van der Waals surface area contributed by atoms with Gasteiger partial charge in [-0.1, -0.05) is 0 Å². The highest BCUT2D eigenvalue weighted by Crippen LogP contribution is 2.24. The fourth-order valence-corrected chi connectivity index (χ4v) is 2.74. The van der Waals surface area contributed by atoms with Crippen LogP contribution in [-0.2, 0) is 0 Å². The molecule has 19 heavy (non-hydrogen) atoms. The third-order valence-corrected chi connectivity index (χ3v) is 4.01. The molecule has 1 atom stereocenters. The average Bonchev–Trinajstić information content (AvgIpc) is 2.97. The summed E-state index contributed by atoms with van der Waals surface area (Å²) in [5.74, 6) is 0.648. The lowest BCUT2D eigenvalue weighted by Gasteiger charge is -2.12. The first-order chi connectivity index (χ1) is 9.13. The van der Waals surface area contributed by atoms with E-state index in [0.29, 0.717) is 11.5 Å². The monoisotopic (exact) mass is 275 g/mol. The van der Waals surface area contributed by atoms with Crippen LogP contribution in [0.15, 0.2) is 29.1 Å². The average molecular weight is 275 g/mol. The van der Waals surface area contributed by atoms with Crippen LogP contribution in [0, 0.1) is 6.92 Å². The maximum absolute atomic E-state index is 11.4. The number of fused-ring (bicyclic) bond motifs is 1. The van der Waals surface area contributed by atoms with Crippen LogP contribution in [0.3, 0.4) is 0 Å². The van der Waals surface area contributed by atoms with Crippen molar-refractivity contribution in [2.45, 2.75) is 19.9 Å². The first kappa shape index (κ1) is 11.9. The lowest BCUT2D eigenvalue weighted by molar-refractivity contribution is 0.840. The van der Waals surface area contributed by atoms with E-state index in [4.69, 9.17) is 0 Å². The minimum Gasteiger partial charge on any atom is -0.361 e. The summed E-state index contributed by atoms with van der Waals surface area (Å²) in [6, 6.07) is 7.90. The molecule has 2 N–H and O–H groups in total. The van der Waals surface area contributed by atoms with Gasteiger partial charge in [0, 0.05) is 9.75 Å². The number of rotatable bonds is 3. The molecule has 0 aliphatic heterocycles. The van der Waals surface area contributed by atoms with Gasteiger partial charge in [-0.3, -0.25) is 0 Å². The Balaban J connectivity index is 1.88. The van der Waals surface area contributed by atoms with Crippen LogP contribution < -0.4 is 11.0 Å². The van der Waals surface area contributed by atoms with Gasteiger partial charge in [-0.2, -0.15) is 9.61 Å². The van der Waals surface area contributed by atoms with Crippen molar-refractivity contribution in [1.29, 1.82) is 0 Å². The Labute approximate surface area is 113 Å². The molecule has 0 aliphatic rings. The van der Waals surface area contributed by atoms with E-state index in [0.717, 1.165) is 0 Å².